The van der Waals surface area contributed by atoms with Crippen LogP contribution in [0.3, 0.4) is 0 Å². The van der Waals surface area contributed by atoms with Crippen molar-refractivity contribution in [1.82, 2.24) is 0 Å². The Hall–Kier alpha value is -2.67. The van der Waals surface area contributed by atoms with Crippen molar-refractivity contribution >= 4 is 45.1 Å². The summed E-state index contributed by atoms with van der Waals surface area (Å²) in [7, 11) is 0. The minimum atomic E-state index is -0.409. The van der Waals surface area contributed by atoms with Crippen LogP contribution in [0.1, 0.15) is 27.9 Å². The number of benzene rings is 2. The number of esters is 1. The van der Waals surface area contributed by atoms with Gasteiger partial charge in [-0.1, -0.05) is 34.1 Å². The van der Waals surface area contributed by atoms with Gasteiger partial charge in [-0.05, 0) is 61.6 Å². The molecule has 160 valence electrons. The Morgan fingerprint density at radius 2 is 1.84 bits per heavy atom. The van der Waals surface area contributed by atoms with Gasteiger partial charge < -0.3 is 15.4 Å². The summed E-state index contributed by atoms with van der Waals surface area (Å²) in [6, 6.07) is 12.6. The van der Waals surface area contributed by atoms with Crippen molar-refractivity contribution in [2.24, 2.45) is 23.7 Å². The third-order valence-electron chi connectivity index (χ3n) is 7.07. The van der Waals surface area contributed by atoms with Crippen LogP contribution in [-0.4, -0.2) is 28.7 Å². The van der Waals surface area contributed by atoms with Gasteiger partial charge in [-0.15, -0.1) is 0 Å². The van der Waals surface area contributed by atoms with Crippen LogP contribution >= 0.6 is 15.9 Å². The number of rotatable bonds is 4. The van der Waals surface area contributed by atoms with Crippen molar-refractivity contribution in [3.05, 3.63) is 59.2 Å². The number of ether oxygens (including phenoxy) is 1. The summed E-state index contributed by atoms with van der Waals surface area (Å²) in [6.45, 7) is 3.96. The van der Waals surface area contributed by atoms with Crippen LogP contribution in [0.15, 0.2) is 42.5 Å². The summed E-state index contributed by atoms with van der Waals surface area (Å²) in [6.07, 6.45) is 0.719. The fourth-order valence-corrected chi connectivity index (χ4v) is 6.42. The molecular formula is C24H23BrN2O4. The SMILES string of the molecule is Cc1cccc(NC(=O)c2cccc(NC(=O)[C@@H]3[C@H]4C[C@H]5[C@H](OC(=O)[C@@H]53)[C@H]4Br)c2)c1C. The average molecular weight is 483 g/mol. The zero-order valence-electron chi connectivity index (χ0n) is 17.2. The molecule has 0 unspecified atom stereocenters. The van der Waals surface area contributed by atoms with Crippen molar-refractivity contribution < 1.29 is 19.1 Å². The molecule has 0 aromatic heterocycles. The van der Waals surface area contributed by atoms with Crippen LogP contribution in [0.4, 0.5) is 11.4 Å². The first-order valence-electron chi connectivity index (χ1n) is 10.5. The van der Waals surface area contributed by atoms with Crippen LogP contribution < -0.4 is 10.6 Å². The van der Waals surface area contributed by atoms with Crippen LogP contribution in [0.2, 0.25) is 0 Å². The Balaban J connectivity index is 1.32. The van der Waals surface area contributed by atoms with Crippen molar-refractivity contribution in [1.29, 1.82) is 0 Å². The topological polar surface area (TPSA) is 84.5 Å². The Morgan fingerprint density at radius 3 is 2.65 bits per heavy atom. The van der Waals surface area contributed by atoms with Gasteiger partial charge in [0.15, 0.2) is 0 Å². The third-order valence-corrected chi connectivity index (χ3v) is 8.27. The first kappa shape index (κ1) is 20.2. The van der Waals surface area contributed by atoms with E-state index in [0.717, 1.165) is 23.2 Å². The fraction of sp³-hybridized carbons (Fsp3) is 0.375. The van der Waals surface area contributed by atoms with Gasteiger partial charge in [0.2, 0.25) is 5.91 Å². The highest BCUT2D eigenvalue weighted by molar-refractivity contribution is 9.09. The number of amides is 2. The second-order valence-electron chi connectivity index (χ2n) is 8.73. The molecule has 31 heavy (non-hydrogen) atoms. The minimum absolute atomic E-state index is 0.0191. The van der Waals surface area contributed by atoms with Gasteiger partial charge in [0.05, 0.1) is 16.7 Å². The minimum Gasteiger partial charge on any atom is -0.461 e. The molecule has 2 bridgehead atoms. The smallest absolute Gasteiger partial charge is 0.310 e. The number of halogens is 1. The number of nitrogens with one attached hydrogen (secondary N) is 2. The molecule has 1 aliphatic heterocycles. The van der Waals surface area contributed by atoms with Gasteiger partial charge in [0.25, 0.3) is 5.91 Å². The lowest BCUT2D eigenvalue weighted by Gasteiger charge is -2.27. The molecule has 2 saturated carbocycles. The highest BCUT2D eigenvalue weighted by Gasteiger charge is 2.67. The molecule has 1 saturated heterocycles. The number of anilines is 2. The number of carbonyl (C=O) groups excluding carboxylic acids is 3. The molecule has 2 N–H and O–H groups in total. The van der Waals surface area contributed by atoms with Gasteiger partial charge >= 0.3 is 5.97 Å². The predicted molar refractivity (Wildman–Crippen MR) is 120 cm³/mol. The summed E-state index contributed by atoms with van der Waals surface area (Å²) in [5.74, 6) is -1.26. The van der Waals surface area contributed by atoms with Crippen molar-refractivity contribution in [3.8, 4) is 0 Å². The average Bonchev–Trinajstić information content (AvgIpc) is 3.36. The highest BCUT2D eigenvalue weighted by atomic mass is 79.9. The number of hydrogen-bond acceptors (Lipinski definition) is 4. The summed E-state index contributed by atoms with van der Waals surface area (Å²) in [5.41, 5.74) is 3.87. The molecule has 2 amide bonds. The van der Waals surface area contributed by atoms with E-state index in [-0.39, 0.29) is 46.5 Å². The fourth-order valence-electron chi connectivity index (χ4n) is 5.38. The van der Waals surface area contributed by atoms with E-state index < -0.39 is 5.92 Å². The van der Waals surface area contributed by atoms with Crippen LogP contribution in [0.5, 0.6) is 0 Å². The molecule has 2 aromatic rings. The van der Waals surface area contributed by atoms with E-state index in [1.54, 1.807) is 24.3 Å². The zero-order chi connectivity index (χ0) is 21.9. The van der Waals surface area contributed by atoms with E-state index in [1.165, 1.54) is 0 Å². The monoisotopic (exact) mass is 482 g/mol. The predicted octanol–water partition coefficient (Wildman–Crippen LogP) is 4.07. The molecule has 1 heterocycles. The number of alkyl halides is 1. The van der Waals surface area contributed by atoms with E-state index in [4.69, 9.17) is 4.74 Å². The van der Waals surface area contributed by atoms with Gasteiger partial charge in [0, 0.05) is 22.9 Å². The summed E-state index contributed by atoms with van der Waals surface area (Å²) in [4.78, 5) is 38.2. The summed E-state index contributed by atoms with van der Waals surface area (Å²) < 4.78 is 5.49. The Labute approximate surface area is 188 Å². The van der Waals surface area contributed by atoms with Gasteiger partial charge in [-0.25, -0.2) is 0 Å². The summed E-state index contributed by atoms with van der Waals surface area (Å²) >= 11 is 3.63. The maximum atomic E-state index is 13.1. The standard InChI is InChI=1S/C24H23BrN2O4/c1-11-5-3-8-17(12(11)2)27-22(28)13-6-4-7-14(9-13)26-23(29)18-15-10-16-19(18)24(30)31-21(16)20(15)25/h3-9,15-16,18-21H,10H2,1-2H3,(H,26,29)(H,27,28)/t15-,16-,18-,19+,20+,21+/m1/s1. The van der Waals surface area contributed by atoms with E-state index >= 15 is 0 Å². The lowest BCUT2D eigenvalue weighted by molar-refractivity contribution is -0.145. The van der Waals surface area contributed by atoms with Gasteiger partial charge in [-0.2, -0.15) is 0 Å². The van der Waals surface area contributed by atoms with E-state index in [0.29, 0.717) is 11.3 Å². The first-order chi connectivity index (χ1) is 14.8. The molecule has 6 atom stereocenters. The Kier molecular flexibility index (Phi) is 4.88. The van der Waals surface area contributed by atoms with E-state index in [2.05, 4.69) is 26.6 Å². The van der Waals surface area contributed by atoms with Gasteiger partial charge in [0.1, 0.15) is 6.10 Å². The molecule has 7 heteroatoms. The van der Waals surface area contributed by atoms with Gasteiger partial charge in [-0.3, -0.25) is 14.4 Å². The largest absolute Gasteiger partial charge is 0.461 e. The van der Waals surface area contributed by atoms with Crippen molar-refractivity contribution in [2.45, 2.75) is 31.2 Å². The molecule has 0 radical (unpaired) electrons. The first-order valence-corrected chi connectivity index (χ1v) is 11.4. The van der Waals surface area contributed by atoms with Crippen molar-refractivity contribution in [2.75, 3.05) is 10.6 Å². The molecule has 3 fully saturated rings. The second kappa shape index (κ2) is 7.48. The maximum absolute atomic E-state index is 13.1. The molecule has 5 rings (SSSR count). The third kappa shape index (κ3) is 3.26. The molecule has 3 aliphatic rings. The molecular weight excluding hydrogens is 460 g/mol. The Morgan fingerprint density at radius 1 is 1.06 bits per heavy atom. The molecule has 0 spiro atoms. The number of aryl methyl sites for hydroxylation is 1. The second-order valence-corrected chi connectivity index (χ2v) is 9.79. The number of carbonyl (C=O) groups is 3. The number of hydrogen-bond donors (Lipinski definition) is 2. The van der Waals surface area contributed by atoms with E-state index in [1.807, 2.05) is 32.0 Å². The lowest BCUT2D eigenvalue weighted by Crippen LogP contribution is -2.40. The Bertz CT molecular complexity index is 1100. The van der Waals surface area contributed by atoms with Crippen molar-refractivity contribution in [3.63, 3.8) is 0 Å². The summed E-state index contributed by atoms with van der Waals surface area (Å²) in [5, 5.41) is 5.86. The van der Waals surface area contributed by atoms with Crippen LogP contribution in [-0.2, 0) is 14.3 Å². The van der Waals surface area contributed by atoms with E-state index in [9.17, 15) is 14.4 Å². The molecule has 2 aliphatic carbocycles. The zero-order valence-corrected chi connectivity index (χ0v) is 18.8. The lowest BCUT2D eigenvalue weighted by atomic mass is 9.79. The normalized spacial score (nSPS) is 30.2. The number of fused-ring (bicyclic) bond motifs is 1. The molecule has 6 nitrogen and oxygen atoms in total. The van der Waals surface area contributed by atoms with Crippen LogP contribution in [0.25, 0.3) is 0 Å². The highest BCUT2D eigenvalue weighted by Crippen LogP contribution is 2.60. The van der Waals surface area contributed by atoms with Crippen LogP contribution in [0, 0.1) is 37.5 Å². The quantitative estimate of drug-likeness (QED) is 0.508. The molecule has 2 aromatic carbocycles. The maximum Gasteiger partial charge on any atom is 0.310 e.